The minimum Gasteiger partial charge on any atom is -0.494 e. The smallest absolute Gasteiger partial charge is 0.165 e. The first-order valence-corrected chi connectivity index (χ1v) is 5.55. The van der Waals surface area contributed by atoms with Crippen molar-refractivity contribution in [2.24, 2.45) is 5.92 Å². The van der Waals surface area contributed by atoms with Crippen molar-refractivity contribution >= 4 is 0 Å². The highest BCUT2D eigenvalue weighted by atomic mass is 19.1. The Morgan fingerprint density at radius 2 is 1.88 bits per heavy atom. The minimum atomic E-state index is -0.847. The van der Waals surface area contributed by atoms with Gasteiger partial charge in [0.05, 0.1) is 13.2 Å². The molecule has 17 heavy (non-hydrogen) atoms. The van der Waals surface area contributed by atoms with Gasteiger partial charge >= 0.3 is 0 Å². The fraction of sp³-hybridized carbons (Fsp3) is 0.538. The Labute approximate surface area is 101 Å². The highest BCUT2D eigenvalue weighted by molar-refractivity contribution is 5.30. The third-order valence-corrected chi connectivity index (χ3v) is 2.76. The van der Waals surface area contributed by atoms with Gasteiger partial charge < -0.3 is 14.6 Å². The molecule has 3 nitrogen and oxygen atoms in total. The number of rotatable bonds is 5. The van der Waals surface area contributed by atoms with Gasteiger partial charge in [-0.1, -0.05) is 19.9 Å². The van der Waals surface area contributed by atoms with E-state index in [0.717, 1.165) is 0 Å². The second kappa shape index (κ2) is 5.98. The highest BCUT2D eigenvalue weighted by Crippen LogP contribution is 2.27. The van der Waals surface area contributed by atoms with E-state index < -0.39 is 11.9 Å². The Balaban J connectivity index is 2.95. The summed E-state index contributed by atoms with van der Waals surface area (Å²) in [4.78, 5) is 0. The monoisotopic (exact) mass is 242 g/mol. The topological polar surface area (TPSA) is 38.7 Å². The van der Waals surface area contributed by atoms with Gasteiger partial charge in [-0.05, 0) is 23.6 Å². The Hall–Kier alpha value is -1.13. The van der Waals surface area contributed by atoms with Crippen LogP contribution in [0.3, 0.4) is 0 Å². The normalized spacial score (nSPS) is 14.8. The third kappa shape index (κ3) is 3.17. The molecule has 4 heteroatoms. The number of benzene rings is 1. The van der Waals surface area contributed by atoms with E-state index in [9.17, 15) is 9.50 Å². The molecule has 0 aliphatic rings. The van der Waals surface area contributed by atoms with Gasteiger partial charge in [0.15, 0.2) is 11.6 Å². The lowest BCUT2D eigenvalue weighted by molar-refractivity contribution is -0.0392. The molecule has 0 aromatic heterocycles. The first-order chi connectivity index (χ1) is 8.01. The predicted octanol–water partition coefficient (Wildman–Crippen LogP) is 2.54. The molecule has 1 N–H and O–H groups in total. The van der Waals surface area contributed by atoms with Crippen LogP contribution in [0.1, 0.15) is 25.5 Å². The van der Waals surface area contributed by atoms with Gasteiger partial charge in [0.25, 0.3) is 0 Å². The van der Waals surface area contributed by atoms with Crippen molar-refractivity contribution < 1.29 is 19.0 Å². The molecule has 0 fully saturated rings. The van der Waals surface area contributed by atoms with Crippen molar-refractivity contribution in [3.8, 4) is 5.75 Å². The van der Waals surface area contributed by atoms with E-state index in [1.165, 1.54) is 26.4 Å². The molecule has 0 radical (unpaired) electrons. The van der Waals surface area contributed by atoms with E-state index in [4.69, 9.17) is 9.47 Å². The van der Waals surface area contributed by atoms with Crippen LogP contribution in [0.15, 0.2) is 18.2 Å². The van der Waals surface area contributed by atoms with Crippen LogP contribution in [0.4, 0.5) is 4.39 Å². The number of halogens is 1. The van der Waals surface area contributed by atoms with E-state index in [-0.39, 0.29) is 17.8 Å². The Bertz CT molecular complexity index is 366. The zero-order chi connectivity index (χ0) is 13.0. The SMILES string of the molecule is COc1ccc(C(O)C(OC)C(C)C)cc1F. The summed E-state index contributed by atoms with van der Waals surface area (Å²) in [7, 11) is 2.94. The molecule has 1 aromatic rings. The summed E-state index contributed by atoms with van der Waals surface area (Å²) in [5, 5.41) is 10.1. The zero-order valence-electron chi connectivity index (χ0n) is 10.6. The molecule has 0 bridgehead atoms. The molecule has 0 amide bonds. The van der Waals surface area contributed by atoms with Crippen LogP contribution in [0.2, 0.25) is 0 Å². The maximum Gasteiger partial charge on any atom is 0.165 e. The Morgan fingerprint density at radius 1 is 1.24 bits per heavy atom. The molecular weight excluding hydrogens is 223 g/mol. The number of ether oxygens (including phenoxy) is 2. The molecule has 0 aliphatic carbocycles. The molecule has 96 valence electrons. The van der Waals surface area contributed by atoms with Crippen LogP contribution in [-0.2, 0) is 4.74 Å². The summed E-state index contributed by atoms with van der Waals surface area (Å²) in [5.41, 5.74) is 0.490. The van der Waals surface area contributed by atoms with Crippen molar-refractivity contribution in [2.45, 2.75) is 26.1 Å². The van der Waals surface area contributed by atoms with Crippen LogP contribution in [0.5, 0.6) is 5.75 Å². The first kappa shape index (κ1) is 13.9. The van der Waals surface area contributed by atoms with Gasteiger partial charge in [0, 0.05) is 7.11 Å². The summed E-state index contributed by atoms with van der Waals surface area (Å²) in [5.74, 6) is -0.178. The number of aliphatic hydroxyl groups excluding tert-OH is 1. The largest absolute Gasteiger partial charge is 0.494 e. The minimum absolute atomic E-state index is 0.139. The van der Waals surface area contributed by atoms with Gasteiger partial charge in [0.2, 0.25) is 0 Å². The van der Waals surface area contributed by atoms with Crippen molar-refractivity contribution in [3.63, 3.8) is 0 Å². The predicted molar refractivity (Wildman–Crippen MR) is 63.5 cm³/mol. The molecule has 1 rings (SSSR count). The summed E-state index contributed by atoms with van der Waals surface area (Å²) in [6.07, 6.45) is -1.21. The quantitative estimate of drug-likeness (QED) is 0.862. The lowest BCUT2D eigenvalue weighted by Gasteiger charge is -2.25. The van der Waals surface area contributed by atoms with Gasteiger partial charge in [-0.2, -0.15) is 0 Å². The third-order valence-electron chi connectivity index (χ3n) is 2.76. The van der Waals surface area contributed by atoms with Gasteiger partial charge in [-0.25, -0.2) is 4.39 Å². The fourth-order valence-electron chi connectivity index (χ4n) is 1.82. The van der Waals surface area contributed by atoms with E-state index in [1.54, 1.807) is 6.07 Å². The van der Waals surface area contributed by atoms with Crippen LogP contribution in [0.25, 0.3) is 0 Å². The van der Waals surface area contributed by atoms with E-state index in [1.807, 2.05) is 13.8 Å². The van der Waals surface area contributed by atoms with Crippen molar-refractivity contribution in [1.82, 2.24) is 0 Å². The van der Waals surface area contributed by atoms with Crippen LogP contribution in [-0.4, -0.2) is 25.4 Å². The summed E-state index contributed by atoms with van der Waals surface area (Å²) < 4.78 is 23.5. The molecule has 0 saturated carbocycles. The molecule has 2 unspecified atom stereocenters. The highest BCUT2D eigenvalue weighted by Gasteiger charge is 2.24. The van der Waals surface area contributed by atoms with Crippen molar-refractivity contribution in [2.75, 3.05) is 14.2 Å². The fourth-order valence-corrected chi connectivity index (χ4v) is 1.82. The molecule has 0 aliphatic heterocycles. The second-order valence-corrected chi connectivity index (χ2v) is 4.28. The summed E-state index contributed by atoms with van der Waals surface area (Å²) >= 11 is 0. The average Bonchev–Trinajstić information content (AvgIpc) is 2.29. The molecular formula is C13H19FO3. The molecule has 0 spiro atoms. The number of aliphatic hydroxyl groups is 1. The zero-order valence-corrected chi connectivity index (χ0v) is 10.6. The van der Waals surface area contributed by atoms with E-state index >= 15 is 0 Å². The molecule has 0 saturated heterocycles. The van der Waals surface area contributed by atoms with Crippen LogP contribution in [0, 0.1) is 11.7 Å². The summed E-state index contributed by atoms with van der Waals surface area (Å²) in [6, 6.07) is 4.42. The lowest BCUT2D eigenvalue weighted by atomic mass is 9.96. The van der Waals surface area contributed by atoms with Crippen molar-refractivity contribution in [3.05, 3.63) is 29.6 Å². The van der Waals surface area contributed by atoms with Gasteiger partial charge in [-0.15, -0.1) is 0 Å². The molecule has 1 aromatic carbocycles. The molecule has 2 atom stereocenters. The number of hydrogen-bond acceptors (Lipinski definition) is 3. The van der Waals surface area contributed by atoms with E-state index in [0.29, 0.717) is 5.56 Å². The maximum absolute atomic E-state index is 13.5. The van der Waals surface area contributed by atoms with Gasteiger partial charge in [0.1, 0.15) is 6.10 Å². The maximum atomic E-state index is 13.5. The Morgan fingerprint density at radius 3 is 2.29 bits per heavy atom. The molecule has 0 heterocycles. The second-order valence-electron chi connectivity index (χ2n) is 4.28. The van der Waals surface area contributed by atoms with Crippen molar-refractivity contribution in [1.29, 1.82) is 0 Å². The van der Waals surface area contributed by atoms with Crippen LogP contribution >= 0.6 is 0 Å². The standard InChI is InChI=1S/C13H19FO3/c1-8(2)13(17-4)12(15)9-5-6-11(16-3)10(14)7-9/h5-8,12-13,15H,1-4H3. The summed E-state index contributed by atoms with van der Waals surface area (Å²) in [6.45, 7) is 3.88. The van der Waals surface area contributed by atoms with Gasteiger partial charge in [-0.3, -0.25) is 0 Å². The lowest BCUT2D eigenvalue weighted by Crippen LogP contribution is -2.26. The first-order valence-electron chi connectivity index (χ1n) is 5.55. The van der Waals surface area contributed by atoms with Crippen LogP contribution < -0.4 is 4.74 Å². The van der Waals surface area contributed by atoms with E-state index in [2.05, 4.69) is 0 Å². The number of hydrogen-bond donors (Lipinski definition) is 1. The average molecular weight is 242 g/mol. The number of methoxy groups -OCH3 is 2. The Kier molecular flexibility index (Phi) is 4.90.